The molecule has 0 bridgehead atoms. The number of carbonyl (C=O) groups excluding carboxylic acids is 1. The fourth-order valence-electron chi connectivity index (χ4n) is 1.23. The van der Waals surface area contributed by atoms with E-state index in [4.69, 9.17) is 4.74 Å². The minimum absolute atomic E-state index is 0.0429. The number of aldehydes is 1. The molecule has 0 aliphatic carbocycles. The maximum absolute atomic E-state index is 10.8. The van der Waals surface area contributed by atoms with E-state index >= 15 is 0 Å². The van der Waals surface area contributed by atoms with E-state index in [-0.39, 0.29) is 17.4 Å². The smallest absolute Gasteiger partial charge is 0.322 e. The van der Waals surface area contributed by atoms with E-state index < -0.39 is 4.92 Å². The van der Waals surface area contributed by atoms with Gasteiger partial charge in [0.15, 0.2) is 6.29 Å². The Hall–Kier alpha value is -2.83. The molecule has 0 amide bonds. The van der Waals surface area contributed by atoms with E-state index in [1.807, 2.05) is 0 Å². The summed E-state index contributed by atoms with van der Waals surface area (Å²) in [4.78, 5) is 28.1. The number of benzene rings is 1. The number of nitro benzene ring substituents is 1. The average molecular weight is 245 g/mol. The van der Waals surface area contributed by atoms with E-state index in [1.165, 1.54) is 30.6 Å². The number of rotatable bonds is 4. The first-order chi connectivity index (χ1) is 8.70. The van der Waals surface area contributed by atoms with Crippen LogP contribution >= 0.6 is 0 Å². The van der Waals surface area contributed by atoms with E-state index in [0.717, 1.165) is 0 Å². The van der Waals surface area contributed by atoms with Gasteiger partial charge >= 0.3 is 11.7 Å². The van der Waals surface area contributed by atoms with Gasteiger partial charge in [0.2, 0.25) is 5.75 Å². The predicted molar refractivity (Wildman–Crippen MR) is 60.6 cm³/mol. The van der Waals surface area contributed by atoms with Crippen molar-refractivity contribution in [2.24, 2.45) is 0 Å². The molecule has 1 aromatic heterocycles. The normalized spacial score (nSPS) is 9.78. The molecule has 0 atom stereocenters. The molecule has 0 N–H and O–H groups in total. The lowest BCUT2D eigenvalue weighted by atomic mass is 10.3. The Morgan fingerprint density at radius 3 is 2.50 bits per heavy atom. The number of hydrogen-bond acceptors (Lipinski definition) is 6. The first-order valence-electron chi connectivity index (χ1n) is 4.89. The minimum Gasteiger partial charge on any atom is -0.417 e. The number of carbonyl (C=O) groups is 1. The van der Waals surface area contributed by atoms with Gasteiger partial charge in [-0.05, 0) is 6.07 Å². The molecule has 1 heterocycles. The SMILES string of the molecule is O=Cc1cnc(Oc2ccccc2[N+](=O)[O-])nc1. The highest BCUT2D eigenvalue weighted by Crippen LogP contribution is 2.28. The Morgan fingerprint density at radius 2 is 1.89 bits per heavy atom. The molecule has 7 nitrogen and oxygen atoms in total. The van der Waals surface area contributed by atoms with Crippen molar-refractivity contribution in [2.75, 3.05) is 0 Å². The highest BCUT2D eigenvalue weighted by molar-refractivity contribution is 5.73. The fraction of sp³-hybridized carbons (Fsp3) is 0. The summed E-state index contributed by atoms with van der Waals surface area (Å²) in [6.07, 6.45) is 3.13. The van der Waals surface area contributed by atoms with Crippen molar-refractivity contribution in [3.8, 4) is 11.8 Å². The molecule has 0 aliphatic heterocycles. The maximum atomic E-state index is 10.8. The van der Waals surface area contributed by atoms with Crippen LogP contribution in [0.3, 0.4) is 0 Å². The molecule has 18 heavy (non-hydrogen) atoms. The van der Waals surface area contributed by atoms with Crippen LogP contribution in [0.5, 0.6) is 11.8 Å². The Bertz CT molecular complexity index is 583. The largest absolute Gasteiger partial charge is 0.417 e. The van der Waals surface area contributed by atoms with E-state index in [0.29, 0.717) is 11.8 Å². The monoisotopic (exact) mass is 245 g/mol. The van der Waals surface area contributed by atoms with E-state index in [9.17, 15) is 14.9 Å². The Kier molecular flexibility index (Phi) is 3.24. The van der Waals surface area contributed by atoms with Crippen LogP contribution in [0.15, 0.2) is 36.7 Å². The van der Waals surface area contributed by atoms with Gasteiger partial charge in [0.05, 0.1) is 10.5 Å². The molecule has 90 valence electrons. The summed E-state index contributed by atoms with van der Waals surface area (Å²) < 4.78 is 5.19. The number of para-hydroxylation sites is 2. The molecule has 7 heteroatoms. The second-order valence-corrected chi connectivity index (χ2v) is 3.24. The van der Waals surface area contributed by atoms with Crippen LogP contribution in [0.4, 0.5) is 5.69 Å². The van der Waals surface area contributed by atoms with Crippen LogP contribution in [0.2, 0.25) is 0 Å². The second kappa shape index (κ2) is 5.00. The van der Waals surface area contributed by atoms with Gasteiger partial charge < -0.3 is 4.74 Å². The van der Waals surface area contributed by atoms with Crippen molar-refractivity contribution >= 4 is 12.0 Å². The number of nitro groups is 1. The van der Waals surface area contributed by atoms with Gasteiger partial charge in [-0.25, -0.2) is 9.97 Å². The zero-order valence-electron chi connectivity index (χ0n) is 9.02. The molecule has 0 spiro atoms. The summed E-state index contributed by atoms with van der Waals surface area (Å²) in [5.41, 5.74) is 0.116. The molecular weight excluding hydrogens is 238 g/mol. The molecule has 0 unspecified atom stereocenters. The lowest BCUT2D eigenvalue weighted by Gasteiger charge is -2.03. The standard InChI is InChI=1S/C11H7N3O4/c15-7-8-5-12-11(13-6-8)18-10-4-2-1-3-9(10)14(16)17/h1-7H. The maximum Gasteiger partial charge on any atom is 0.322 e. The zero-order chi connectivity index (χ0) is 13.0. The van der Waals surface area contributed by atoms with Gasteiger partial charge in [-0.2, -0.15) is 0 Å². The lowest BCUT2D eigenvalue weighted by Crippen LogP contribution is -1.96. The van der Waals surface area contributed by atoms with Gasteiger partial charge in [-0.1, -0.05) is 12.1 Å². The third-order valence-corrected chi connectivity index (χ3v) is 2.05. The summed E-state index contributed by atoms with van der Waals surface area (Å²) in [6, 6.07) is 5.82. The summed E-state index contributed by atoms with van der Waals surface area (Å²) >= 11 is 0. The number of ether oxygens (including phenoxy) is 1. The molecular formula is C11H7N3O4. The molecule has 2 aromatic rings. The highest BCUT2D eigenvalue weighted by Gasteiger charge is 2.15. The molecule has 0 saturated heterocycles. The van der Waals surface area contributed by atoms with Crippen LogP contribution in [-0.2, 0) is 0 Å². The topological polar surface area (TPSA) is 95.2 Å². The number of aromatic nitrogens is 2. The van der Waals surface area contributed by atoms with Crippen LogP contribution < -0.4 is 4.74 Å². The van der Waals surface area contributed by atoms with Crippen molar-refractivity contribution in [3.05, 3.63) is 52.3 Å². The summed E-state index contributed by atoms with van der Waals surface area (Å²) in [5.74, 6) is 0.0429. The molecule has 0 fully saturated rings. The minimum atomic E-state index is -0.560. The summed E-state index contributed by atoms with van der Waals surface area (Å²) in [5, 5.41) is 10.8. The number of nitrogens with zero attached hydrogens (tertiary/aromatic N) is 3. The van der Waals surface area contributed by atoms with Crippen molar-refractivity contribution in [1.82, 2.24) is 9.97 Å². The van der Waals surface area contributed by atoms with Gasteiger partial charge in [0.25, 0.3) is 0 Å². The Labute approximate surface area is 101 Å². The average Bonchev–Trinajstić information content (AvgIpc) is 2.40. The van der Waals surface area contributed by atoms with Crippen molar-refractivity contribution in [3.63, 3.8) is 0 Å². The zero-order valence-corrected chi connectivity index (χ0v) is 9.02. The highest BCUT2D eigenvalue weighted by atomic mass is 16.6. The first kappa shape index (κ1) is 11.6. The molecule has 0 aliphatic rings. The molecule has 0 saturated carbocycles. The summed E-state index contributed by atoms with van der Waals surface area (Å²) in [7, 11) is 0. The lowest BCUT2D eigenvalue weighted by molar-refractivity contribution is -0.385. The van der Waals surface area contributed by atoms with E-state index in [1.54, 1.807) is 6.07 Å². The van der Waals surface area contributed by atoms with Gasteiger partial charge in [-0.3, -0.25) is 14.9 Å². The molecule has 0 radical (unpaired) electrons. The van der Waals surface area contributed by atoms with Gasteiger partial charge in [0.1, 0.15) is 0 Å². The quantitative estimate of drug-likeness (QED) is 0.464. The predicted octanol–water partition coefficient (Wildman–Crippen LogP) is 1.99. The van der Waals surface area contributed by atoms with Gasteiger partial charge in [-0.15, -0.1) is 0 Å². The van der Waals surface area contributed by atoms with E-state index in [2.05, 4.69) is 9.97 Å². The Morgan fingerprint density at radius 1 is 1.22 bits per heavy atom. The first-order valence-corrected chi connectivity index (χ1v) is 4.89. The molecule has 1 aromatic carbocycles. The van der Waals surface area contributed by atoms with Gasteiger partial charge in [0, 0.05) is 18.5 Å². The van der Waals surface area contributed by atoms with Crippen LogP contribution in [0.25, 0.3) is 0 Å². The second-order valence-electron chi connectivity index (χ2n) is 3.24. The third kappa shape index (κ3) is 2.46. The number of hydrogen-bond donors (Lipinski definition) is 0. The van der Waals surface area contributed by atoms with Crippen molar-refractivity contribution in [2.45, 2.75) is 0 Å². The van der Waals surface area contributed by atoms with Crippen LogP contribution in [0.1, 0.15) is 10.4 Å². The fourth-order valence-corrected chi connectivity index (χ4v) is 1.23. The summed E-state index contributed by atoms with van der Waals surface area (Å²) in [6.45, 7) is 0. The molecule has 2 rings (SSSR count). The van der Waals surface area contributed by atoms with Crippen LogP contribution in [-0.4, -0.2) is 21.2 Å². The Balaban J connectivity index is 2.28. The third-order valence-electron chi connectivity index (χ3n) is 2.05. The van der Waals surface area contributed by atoms with Crippen molar-refractivity contribution in [1.29, 1.82) is 0 Å². The van der Waals surface area contributed by atoms with Crippen molar-refractivity contribution < 1.29 is 14.5 Å². The van der Waals surface area contributed by atoms with Crippen LogP contribution in [0, 0.1) is 10.1 Å².